The first-order valence-corrected chi connectivity index (χ1v) is 10.3. The van der Waals surface area contributed by atoms with Crippen molar-refractivity contribution in [1.82, 2.24) is 14.9 Å². The number of benzene rings is 1. The van der Waals surface area contributed by atoms with Crippen molar-refractivity contribution in [1.29, 1.82) is 0 Å². The molecule has 3 aromatic rings. The van der Waals surface area contributed by atoms with E-state index >= 15 is 0 Å². The SMILES string of the molecule is CC(c1ccc(OCC(C)(F)F)c(Cl)c1)N1Cc2c(ccnc2NC(=O)c2cnco2)C1=O. The number of nitrogens with zero attached hydrogens (tertiary/aromatic N) is 3. The number of alkyl halides is 2. The summed E-state index contributed by atoms with van der Waals surface area (Å²) in [6.07, 6.45) is 3.85. The van der Waals surface area contributed by atoms with Gasteiger partial charge in [0.1, 0.15) is 11.6 Å². The van der Waals surface area contributed by atoms with Crippen LogP contribution >= 0.6 is 11.6 Å². The molecule has 0 saturated heterocycles. The van der Waals surface area contributed by atoms with Gasteiger partial charge in [-0.25, -0.2) is 18.7 Å². The normalized spacial score (nSPS) is 14.2. The van der Waals surface area contributed by atoms with Crippen molar-refractivity contribution in [2.75, 3.05) is 11.9 Å². The number of oxazole rings is 1. The predicted octanol–water partition coefficient (Wildman–Crippen LogP) is 4.73. The number of pyridine rings is 1. The molecule has 8 nitrogen and oxygen atoms in total. The van der Waals surface area contributed by atoms with Crippen molar-refractivity contribution >= 4 is 29.2 Å². The standard InChI is InChI=1S/C22H19ClF2N4O4/c1-12(13-3-4-17(16(23)7-13)32-10-22(2,24)25)29-9-15-14(21(29)31)5-6-27-19(15)28-20(30)18-8-26-11-33-18/h3-8,11-12H,9-10H2,1-2H3,(H,27,28,30). The highest BCUT2D eigenvalue weighted by atomic mass is 35.5. The summed E-state index contributed by atoms with van der Waals surface area (Å²) in [7, 11) is 0. The zero-order valence-electron chi connectivity index (χ0n) is 17.6. The Kier molecular flexibility index (Phi) is 6.03. The van der Waals surface area contributed by atoms with E-state index in [2.05, 4.69) is 15.3 Å². The second kappa shape index (κ2) is 8.78. The highest BCUT2D eigenvalue weighted by Gasteiger charge is 2.34. The Bertz CT molecular complexity index is 1200. The van der Waals surface area contributed by atoms with Crippen molar-refractivity contribution in [2.24, 2.45) is 0 Å². The van der Waals surface area contributed by atoms with Crippen LogP contribution in [0.4, 0.5) is 14.6 Å². The summed E-state index contributed by atoms with van der Waals surface area (Å²) in [5.41, 5.74) is 1.68. The monoisotopic (exact) mass is 476 g/mol. The number of rotatable bonds is 7. The molecule has 33 heavy (non-hydrogen) atoms. The van der Waals surface area contributed by atoms with Crippen LogP contribution < -0.4 is 10.1 Å². The molecule has 0 bridgehead atoms. The fourth-order valence-electron chi connectivity index (χ4n) is 3.45. The van der Waals surface area contributed by atoms with Crippen molar-refractivity contribution in [3.63, 3.8) is 0 Å². The summed E-state index contributed by atoms with van der Waals surface area (Å²) in [5, 5.41) is 2.81. The van der Waals surface area contributed by atoms with Crippen molar-refractivity contribution in [3.05, 3.63) is 70.5 Å². The number of amides is 2. The Morgan fingerprint density at radius 3 is 2.85 bits per heavy atom. The fraction of sp³-hybridized carbons (Fsp3) is 0.273. The second-order valence-electron chi connectivity index (χ2n) is 7.66. The van der Waals surface area contributed by atoms with Crippen LogP contribution in [0.15, 0.2) is 47.5 Å². The second-order valence-corrected chi connectivity index (χ2v) is 8.07. The highest BCUT2D eigenvalue weighted by molar-refractivity contribution is 6.32. The maximum absolute atomic E-state index is 13.1. The van der Waals surface area contributed by atoms with Crippen LogP contribution in [0.2, 0.25) is 5.02 Å². The van der Waals surface area contributed by atoms with Crippen LogP contribution in [0.25, 0.3) is 0 Å². The van der Waals surface area contributed by atoms with E-state index in [4.69, 9.17) is 20.8 Å². The first-order valence-electron chi connectivity index (χ1n) is 9.93. The average Bonchev–Trinajstić information content (AvgIpc) is 3.41. The van der Waals surface area contributed by atoms with E-state index in [9.17, 15) is 18.4 Å². The molecule has 0 spiro atoms. The van der Waals surface area contributed by atoms with E-state index < -0.39 is 24.5 Å². The van der Waals surface area contributed by atoms with Crippen LogP contribution in [-0.4, -0.2) is 39.2 Å². The number of aromatic nitrogens is 2. The molecule has 11 heteroatoms. The minimum Gasteiger partial charge on any atom is -0.486 e. The largest absolute Gasteiger partial charge is 0.486 e. The Balaban J connectivity index is 1.52. The van der Waals surface area contributed by atoms with Crippen LogP contribution in [-0.2, 0) is 6.54 Å². The van der Waals surface area contributed by atoms with E-state index in [1.807, 2.05) is 6.92 Å². The molecule has 3 heterocycles. The molecule has 172 valence electrons. The quantitative estimate of drug-likeness (QED) is 0.529. The van der Waals surface area contributed by atoms with Crippen LogP contribution in [0.3, 0.4) is 0 Å². The van der Waals surface area contributed by atoms with Gasteiger partial charge >= 0.3 is 0 Å². The third kappa shape index (κ3) is 4.80. The summed E-state index contributed by atoms with van der Waals surface area (Å²) >= 11 is 6.22. The molecule has 0 radical (unpaired) electrons. The highest BCUT2D eigenvalue weighted by Crippen LogP contribution is 2.36. The molecule has 1 unspecified atom stereocenters. The van der Waals surface area contributed by atoms with Gasteiger partial charge in [0.25, 0.3) is 17.7 Å². The van der Waals surface area contributed by atoms with Crippen molar-refractivity contribution in [3.8, 4) is 5.75 Å². The summed E-state index contributed by atoms with van der Waals surface area (Å²) in [4.78, 5) is 34.9. The van der Waals surface area contributed by atoms with Crippen molar-refractivity contribution < 1.29 is 27.5 Å². The summed E-state index contributed by atoms with van der Waals surface area (Å²) in [5.74, 6) is -3.37. The van der Waals surface area contributed by atoms with Gasteiger partial charge in [0, 0.05) is 24.2 Å². The van der Waals surface area contributed by atoms with E-state index in [0.717, 1.165) is 13.3 Å². The summed E-state index contributed by atoms with van der Waals surface area (Å²) < 4.78 is 36.2. The van der Waals surface area contributed by atoms with Gasteiger partial charge in [-0.05, 0) is 30.7 Å². The topological polar surface area (TPSA) is 97.6 Å². The van der Waals surface area contributed by atoms with E-state index in [0.29, 0.717) is 16.7 Å². The average molecular weight is 477 g/mol. The Labute approximate surface area is 192 Å². The molecular formula is C22H19ClF2N4O4. The van der Waals surface area contributed by atoms with Gasteiger partial charge in [-0.1, -0.05) is 17.7 Å². The summed E-state index contributed by atoms with van der Waals surface area (Å²) in [6.45, 7) is 1.98. The molecule has 1 aliphatic heterocycles. The van der Waals surface area contributed by atoms with Gasteiger partial charge in [0.05, 0.1) is 23.8 Å². The number of nitrogens with one attached hydrogen (secondary N) is 1. The Hall–Kier alpha value is -3.53. The lowest BCUT2D eigenvalue weighted by atomic mass is 10.1. The molecule has 1 aromatic carbocycles. The number of anilines is 1. The smallest absolute Gasteiger partial charge is 0.294 e. The molecule has 0 aliphatic carbocycles. The first kappa shape index (κ1) is 22.7. The lowest BCUT2D eigenvalue weighted by Crippen LogP contribution is -2.27. The molecule has 2 amide bonds. The number of carbonyl (C=O) groups is 2. The fourth-order valence-corrected chi connectivity index (χ4v) is 3.69. The Morgan fingerprint density at radius 2 is 2.18 bits per heavy atom. The number of hydrogen-bond acceptors (Lipinski definition) is 6. The summed E-state index contributed by atoms with van der Waals surface area (Å²) in [6, 6.07) is 5.93. The number of carbonyl (C=O) groups excluding carboxylic acids is 2. The predicted molar refractivity (Wildman–Crippen MR) is 115 cm³/mol. The number of ether oxygens (including phenoxy) is 1. The molecule has 2 aromatic heterocycles. The maximum Gasteiger partial charge on any atom is 0.294 e. The molecule has 4 rings (SSSR count). The van der Waals surface area contributed by atoms with Gasteiger partial charge in [-0.15, -0.1) is 0 Å². The van der Waals surface area contributed by atoms with E-state index in [1.54, 1.807) is 23.1 Å². The van der Waals surface area contributed by atoms with Crippen molar-refractivity contribution in [2.45, 2.75) is 32.4 Å². The first-order chi connectivity index (χ1) is 15.6. The third-order valence-electron chi connectivity index (χ3n) is 5.15. The maximum atomic E-state index is 13.1. The minimum absolute atomic E-state index is 0.0155. The molecular weight excluding hydrogens is 458 g/mol. The van der Waals surface area contributed by atoms with Crippen LogP contribution in [0.5, 0.6) is 5.75 Å². The van der Waals surface area contributed by atoms with Gasteiger partial charge in [-0.3, -0.25) is 9.59 Å². The molecule has 0 saturated carbocycles. The number of hydrogen-bond donors (Lipinski definition) is 1. The molecule has 1 atom stereocenters. The van der Waals surface area contributed by atoms with E-state index in [-0.39, 0.29) is 34.8 Å². The molecule has 1 N–H and O–H groups in total. The van der Waals surface area contributed by atoms with Gasteiger partial charge < -0.3 is 19.4 Å². The van der Waals surface area contributed by atoms with Gasteiger partial charge in [0.2, 0.25) is 5.76 Å². The zero-order chi connectivity index (χ0) is 23.8. The van der Waals surface area contributed by atoms with Crippen LogP contribution in [0, 0.1) is 0 Å². The molecule has 0 fully saturated rings. The number of halogens is 3. The van der Waals surface area contributed by atoms with Gasteiger partial charge in [-0.2, -0.15) is 0 Å². The molecule has 1 aliphatic rings. The lowest BCUT2D eigenvalue weighted by Gasteiger charge is -2.25. The lowest BCUT2D eigenvalue weighted by molar-refractivity contribution is -0.0229. The van der Waals surface area contributed by atoms with Crippen LogP contribution in [0.1, 0.15) is 51.9 Å². The van der Waals surface area contributed by atoms with Gasteiger partial charge in [0.15, 0.2) is 13.0 Å². The Morgan fingerprint density at radius 1 is 1.39 bits per heavy atom. The zero-order valence-corrected chi connectivity index (χ0v) is 18.4. The van der Waals surface area contributed by atoms with E-state index in [1.165, 1.54) is 18.5 Å². The third-order valence-corrected chi connectivity index (χ3v) is 5.45. The number of fused-ring (bicyclic) bond motifs is 1. The minimum atomic E-state index is -2.99.